The van der Waals surface area contributed by atoms with E-state index in [9.17, 15) is 0 Å². The predicted molar refractivity (Wildman–Crippen MR) is 59.3 cm³/mol. The molecular weight excluding hydrogens is 270 g/mol. The molecule has 4 heteroatoms. The fourth-order valence-electron chi connectivity index (χ4n) is 1.11. The van der Waals surface area contributed by atoms with E-state index in [2.05, 4.69) is 22.0 Å². The summed E-state index contributed by atoms with van der Waals surface area (Å²) in [6, 6.07) is 7.87. The summed E-state index contributed by atoms with van der Waals surface area (Å²) < 4.78 is 2.04. The lowest BCUT2D eigenvalue weighted by Crippen LogP contribution is -1.65. The van der Waals surface area contributed by atoms with Crippen molar-refractivity contribution in [2.24, 2.45) is 0 Å². The van der Waals surface area contributed by atoms with Crippen LogP contribution in [0.1, 0.15) is 4.88 Å². The molecule has 1 aromatic carbocycles. The van der Waals surface area contributed by atoms with Crippen molar-refractivity contribution in [3.8, 4) is 6.07 Å². The molecule has 2 aromatic rings. The maximum absolute atomic E-state index is 8.75. The Labute approximate surface area is 92.7 Å². The number of fused-ring (bicyclic) bond motifs is 1. The summed E-state index contributed by atoms with van der Waals surface area (Å²) in [6.07, 6.45) is 0. The fraction of sp³-hybridized carbons (Fsp3) is 0. The molecule has 1 aromatic heterocycles. The second-order valence-corrected chi connectivity index (χ2v) is 4.84. The summed E-state index contributed by atoms with van der Waals surface area (Å²) in [4.78, 5) is 0.578. The van der Waals surface area contributed by atoms with Crippen LogP contribution in [0, 0.1) is 11.3 Å². The summed E-state index contributed by atoms with van der Waals surface area (Å²) in [7, 11) is 0. The minimum absolute atomic E-state index is 0.565. The van der Waals surface area contributed by atoms with Crippen LogP contribution in [0.15, 0.2) is 22.7 Å². The number of hydrogen-bond acceptors (Lipinski definition) is 2. The number of rotatable bonds is 0. The minimum Gasteiger partial charge on any atom is -0.191 e. The van der Waals surface area contributed by atoms with Gasteiger partial charge in [-0.05, 0) is 12.1 Å². The molecule has 0 unspecified atom stereocenters. The molecule has 64 valence electrons. The first kappa shape index (κ1) is 9.01. The lowest BCUT2D eigenvalue weighted by atomic mass is 10.2. The molecule has 0 atom stereocenters. The molecule has 13 heavy (non-hydrogen) atoms. The van der Waals surface area contributed by atoms with Gasteiger partial charge in [0.1, 0.15) is 10.9 Å². The number of thiophene rings is 1. The zero-order chi connectivity index (χ0) is 9.42. The fourth-order valence-corrected chi connectivity index (χ4v) is 2.93. The molecule has 0 aliphatic heterocycles. The van der Waals surface area contributed by atoms with Crippen LogP contribution in [0.3, 0.4) is 0 Å². The van der Waals surface area contributed by atoms with E-state index < -0.39 is 0 Å². The quantitative estimate of drug-likeness (QED) is 0.705. The summed E-state index contributed by atoms with van der Waals surface area (Å²) in [6.45, 7) is 0. The highest BCUT2D eigenvalue weighted by Crippen LogP contribution is 2.35. The molecule has 1 nitrogen and oxygen atoms in total. The lowest BCUT2D eigenvalue weighted by molar-refractivity contribution is 1.52. The van der Waals surface area contributed by atoms with Gasteiger partial charge in [-0.2, -0.15) is 5.26 Å². The third kappa shape index (κ3) is 1.46. The Kier molecular flexibility index (Phi) is 2.29. The first-order valence-corrected chi connectivity index (χ1v) is 5.49. The highest BCUT2D eigenvalue weighted by atomic mass is 79.9. The zero-order valence-corrected chi connectivity index (χ0v) is 9.50. The van der Waals surface area contributed by atoms with Crippen molar-refractivity contribution < 1.29 is 0 Å². The molecule has 2 rings (SSSR count). The van der Waals surface area contributed by atoms with Crippen molar-refractivity contribution in [1.29, 1.82) is 5.26 Å². The summed E-state index contributed by atoms with van der Waals surface area (Å²) >= 11 is 10.8. The van der Waals surface area contributed by atoms with E-state index in [-0.39, 0.29) is 0 Å². The maximum Gasteiger partial charge on any atom is 0.124 e. The van der Waals surface area contributed by atoms with Crippen molar-refractivity contribution in [1.82, 2.24) is 0 Å². The summed E-state index contributed by atoms with van der Waals surface area (Å²) in [5.74, 6) is 0. The van der Waals surface area contributed by atoms with E-state index in [4.69, 9.17) is 16.9 Å². The Bertz CT molecular complexity index is 512. The standard InChI is InChI=1S/C9H3BrClNS/c10-5-1-2-6-7(3-5)13-8(4-12)9(6)11/h1-3H. The van der Waals surface area contributed by atoms with E-state index in [1.165, 1.54) is 11.3 Å². The first-order valence-electron chi connectivity index (χ1n) is 3.50. The van der Waals surface area contributed by atoms with Gasteiger partial charge in [0, 0.05) is 14.6 Å². The van der Waals surface area contributed by atoms with Gasteiger partial charge in [-0.1, -0.05) is 33.6 Å². The van der Waals surface area contributed by atoms with Gasteiger partial charge >= 0.3 is 0 Å². The highest BCUT2D eigenvalue weighted by Gasteiger charge is 2.09. The zero-order valence-electron chi connectivity index (χ0n) is 6.34. The van der Waals surface area contributed by atoms with E-state index in [0.29, 0.717) is 9.90 Å². The van der Waals surface area contributed by atoms with Gasteiger partial charge in [-0.15, -0.1) is 11.3 Å². The van der Waals surface area contributed by atoms with Crippen LogP contribution < -0.4 is 0 Å². The van der Waals surface area contributed by atoms with E-state index >= 15 is 0 Å². The highest BCUT2D eigenvalue weighted by molar-refractivity contribution is 9.10. The van der Waals surface area contributed by atoms with Crippen molar-refractivity contribution in [2.75, 3.05) is 0 Å². The average molecular weight is 273 g/mol. The molecule has 0 radical (unpaired) electrons. The Morgan fingerprint density at radius 2 is 2.23 bits per heavy atom. The van der Waals surface area contributed by atoms with E-state index in [0.717, 1.165) is 14.6 Å². The Hall–Kier alpha value is -0.560. The van der Waals surface area contributed by atoms with Crippen LogP contribution in [0.4, 0.5) is 0 Å². The average Bonchev–Trinajstić information content (AvgIpc) is 2.42. The topological polar surface area (TPSA) is 23.8 Å². The minimum atomic E-state index is 0.565. The van der Waals surface area contributed by atoms with Gasteiger partial charge in [-0.3, -0.25) is 0 Å². The number of halogens is 2. The first-order chi connectivity index (χ1) is 6.22. The van der Waals surface area contributed by atoms with E-state index in [1.807, 2.05) is 18.2 Å². The molecule has 0 aliphatic rings. The number of hydrogen-bond donors (Lipinski definition) is 0. The van der Waals surface area contributed by atoms with Gasteiger partial charge in [0.2, 0.25) is 0 Å². The molecule has 0 N–H and O–H groups in total. The number of nitriles is 1. The Morgan fingerprint density at radius 3 is 2.92 bits per heavy atom. The molecule has 1 heterocycles. The van der Waals surface area contributed by atoms with Crippen molar-refractivity contribution >= 4 is 49.0 Å². The second kappa shape index (κ2) is 3.30. The molecule has 0 saturated carbocycles. The largest absolute Gasteiger partial charge is 0.191 e. The molecule has 0 amide bonds. The smallest absolute Gasteiger partial charge is 0.124 e. The number of nitrogens with zero attached hydrogens (tertiary/aromatic N) is 1. The molecule has 0 spiro atoms. The third-order valence-corrected chi connectivity index (χ3v) is 3.75. The van der Waals surface area contributed by atoms with Crippen LogP contribution in [0.5, 0.6) is 0 Å². The maximum atomic E-state index is 8.75. The predicted octanol–water partition coefficient (Wildman–Crippen LogP) is 4.19. The molecule has 0 fully saturated rings. The van der Waals surface area contributed by atoms with E-state index in [1.54, 1.807) is 0 Å². The number of benzene rings is 1. The van der Waals surface area contributed by atoms with Crippen LogP contribution in [-0.4, -0.2) is 0 Å². The third-order valence-electron chi connectivity index (χ3n) is 1.69. The van der Waals surface area contributed by atoms with Crippen LogP contribution >= 0.6 is 38.9 Å². The monoisotopic (exact) mass is 271 g/mol. The lowest BCUT2D eigenvalue weighted by Gasteiger charge is -1.90. The van der Waals surface area contributed by atoms with Gasteiger partial charge in [0.15, 0.2) is 0 Å². The van der Waals surface area contributed by atoms with Gasteiger partial charge in [0.05, 0.1) is 5.02 Å². The second-order valence-electron chi connectivity index (χ2n) is 2.50. The Morgan fingerprint density at radius 1 is 1.46 bits per heavy atom. The Balaban J connectivity index is 2.86. The van der Waals surface area contributed by atoms with Crippen LogP contribution in [0.25, 0.3) is 10.1 Å². The molecule has 0 saturated heterocycles. The van der Waals surface area contributed by atoms with Crippen LogP contribution in [0.2, 0.25) is 5.02 Å². The summed E-state index contributed by atoms with van der Waals surface area (Å²) in [5.41, 5.74) is 0. The van der Waals surface area contributed by atoms with Gasteiger partial charge in [0.25, 0.3) is 0 Å². The molecular formula is C9H3BrClNS. The van der Waals surface area contributed by atoms with Crippen molar-refractivity contribution in [2.45, 2.75) is 0 Å². The molecule has 0 bridgehead atoms. The molecule has 0 aliphatic carbocycles. The van der Waals surface area contributed by atoms with Gasteiger partial charge in [-0.25, -0.2) is 0 Å². The van der Waals surface area contributed by atoms with Gasteiger partial charge < -0.3 is 0 Å². The SMILES string of the molecule is N#Cc1sc2cc(Br)ccc2c1Cl. The summed E-state index contributed by atoms with van der Waals surface area (Å²) in [5, 5.41) is 10.3. The normalized spacial score (nSPS) is 10.2. The van der Waals surface area contributed by atoms with Crippen molar-refractivity contribution in [3.63, 3.8) is 0 Å². The van der Waals surface area contributed by atoms with Crippen molar-refractivity contribution in [3.05, 3.63) is 32.6 Å². The van der Waals surface area contributed by atoms with Crippen LogP contribution in [-0.2, 0) is 0 Å².